The van der Waals surface area contributed by atoms with Gasteiger partial charge in [0.2, 0.25) is 0 Å². The Balaban J connectivity index is 2.20. The molecule has 0 amide bonds. The first-order valence-corrected chi connectivity index (χ1v) is 7.86. The molecule has 0 atom stereocenters. The van der Waals surface area contributed by atoms with E-state index in [9.17, 15) is 9.59 Å². The monoisotopic (exact) mass is 311 g/mol. The molecule has 3 rings (SSSR count). The van der Waals surface area contributed by atoms with Gasteiger partial charge in [0.25, 0.3) is 5.56 Å². The maximum absolute atomic E-state index is 12.0. The molecular formula is C17H13NO3S. The van der Waals surface area contributed by atoms with E-state index in [4.69, 9.17) is 5.11 Å². The summed E-state index contributed by atoms with van der Waals surface area (Å²) in [4.78, 5) is 26.4. The van der Waals surface area contributed by atoms with Crippen molar-refractivity contribution in [2.24, 2.45) is 0 Å². The van der Waals surface area contributed by atoms with Crippen molar-refractivity contribution in [2.45, 2.75) is 4.90 Å². The number of pyridine rings is 1. The summed E-state index contributed by atoms with van der Waals surface area (Å²) in [6, 6.07) is 15.5. The molecule has 0 saturated carbocycles. The van der Waals surface area contributed by atoms with Crippen LogP contribution in [0, 0.1) is 0 Å². The molecule has 0 fully saturated rings. The predicted molar refractivity (Wildman–Crippen MR) is 88.7 cm³/mol. The van der Waals surface area contributed by atoms with Crippen molar-refractivity contribution in [3.8, 4) is 11.3 Å². The van der Waals surface area contributed by atoms with E-state index < -0.39 is 11.5 Å². The maximum Gasteiger partial charge on any atom is 0.342 e. The SMILES string of the molecule is CSc1cc(-c2ccc3ccccc3c2)[nH]c(=O)c1C(=O)O. The molecule has 0 radical (unpaired) electrons. The number of aromatic carboxylic acids is 1. The highest BCUT2D eigenvalue weighted by Crippen LogP contribution is 2.26. The molecule has 2 aromatic carbocycles. The molecule has 3 aromatic rings. The average Bonchev–Trinajstić information content (AvgIpc) is 2.53. The molecule has 1 heterocycles. The van der Waals surface area contributed by atoms with Crippen molar-refractivity contribution >= 4 is 28.5 Å². The van der Waals surface area contributed by atoms with Crippen LogP contribution in [0.15, 0.2) is 58.2 Å². The summed E-state index contributed by atoms with van der Waals surface area (Å²) >= 11 is 1.25. The molecule has 5 heteroatoms. The number of aromatic amines is 1. The van der Waals surface area contributed by atoms with E-state index >= 15 is 0 Å². The summed E-state index contributed by atoms with van der Waals surface area (Å²) in [5.41, 5.74) is 0.674. The predicted octanol–water partition coefficient (Wildman–Crippen LogP) is 3.62. The smallest absolute Gasteiger partial charge is 0.342 e. The van der Waals surface area contributed by atoms with Gasteiger partial charge in [-0.1, -0.05) is 36.4 Å². The lowest BCUT2D eigenvalue weighted by Gasteiger charge is -2.08. The fourth-order valence-corrected chi connectivity index (χ4v) is 3.03. The van der Waals surface area contributed by atoms with Crippen molar-refractivity contribution in [3.05, 3.63) is 64.4 Å². The van der Waals surface area contributed by atoms with E-state index in [0.717, 1.165) is 16.3 Å². The molecule has 0 spiro atoms. The first-order chi connectivity index (χ1) is 10.6. The molecule has 22 heavy (non-hydrogen) atoms. The van der Waals surface area contributed by atoms with Gasteiger partial charge in [-0.15, -0.1) is 11.8 Å². The van der Waals surface area contributed by atoms with Gasteiger partial charge in [0.15, 0.2) is 0 Å². The van der Waals surface area contributed by atoms with Crippen LogP contribution in [0.4, 0.5) is 0 Å². The normalized spacial score (nSPS) is 10.8. The number of carboxylic acid groups (broad SMARTS) is 1. The van der Waals surface area contributed by atoms with Crippen LogP contribution in [-0.2, 0) is 0 Å². The summed E-state index contributed by atoms with van der Waals surface area (Å²) in [6.45, 7) is 0. The molecule has 0 aliphatic rings. The topological polar surface area (TPSA) is 70.2 Å². The number of hydrogen-bond donors (Lipinski definition) is 2. The molecule has 0 aliphatic heterocycles. The summed E-state index contributed by atoms with van der Waals surface area (Å²) in [6.07, 6.45) is 1.76. The number of hydrogen-bond acceptors (Lipinski definition) is 3. The van der Waals surface area contributed by atoms with E-state index in [0.29, 0.717) is 10.6 Å². The lowest BCUT2D eigenvalue weighted by atomic mass is 10.0. The fraction of sp³-hybridized carbons (Fsp3) is 0.0588. The molecule has 0 unspecified atom stereocenters. The number of aromatic nitrogens is 1. The zero-order chi connectivity index (χ0) is 15.7. The first kappa shape index (κ1) is 14.4. The van der Waals surface area contributed by atoms with Crippen LogP contribution in [0.5, 0.6) is 0 Å². The highest BCUT2D eigenvalue weighted by molar-refractivity contribution is 7.98. The van der Waals surface area contributed by atoms with Gasteiger partial charge < -0.3 is 10.1 Å². The van der Waals surface area contributed by atoms with Gasteiger partial charge in [0.05, 0.1) is 0 Å². The van der Waals surface area contributed by atoms with E-state index in [1.807, 2.05) is 42.5 Å². The van der Waals surface area contributed by atoms with Crippen LogP contribution >= 0.6 is 11.8 Å². The highest BCUT2D eigenvalue weighted by Gasteiger charge is 2.16. The van der Waals surface area contributed by atoms with Gasteiger partial charge in [-0.25, -0.2) is 4.79 Å². The highest BCUT2D eigenvalue weighted by atomic mass is 32.2. The number of nitrogens with one attached hydrogen (secondary N) is 1. The Morgan fingerprint density at radius 1 is 1.09 bits per heavy atom. The minimum Gasteiger partial charge on any atom is -0.477 e. The molecule has 2 N–H and O–H groups in total. The molecular weight excluding hydrogens is 298 g/mol. The van der Waals surface area contributed by atoms with Crippen molar-refractivity contribution in [3.63, 3.8) is 0 Å². The van der Waals surface area contributed by atoms with E-state index in [-0.39, 0.29) is 5.56 Å². The molecule has 0 bridgehead atoms. The van der Waals surface area contributed by atoms with Gasteiger partial charge in [-0.05, 0) is 34.7 Å². The molecule has 0 saturated heterocycles. The Hall–Kier alpha value is -2.53. The Bertz CT molecular complexity index is 931. The molecule has 4 nitrogen and oxygen atoms in total. The molecule has 110 valence electrons. The standard InChI is InChI=1S/C17H13NO3S/c1-22-14-9-13(18-16(19)15(14)17(20)21)12-7-6-10-4-2-3-5-11(10)8-12/h2-9H,1H3,(H,18,19)(H,20,21). The van der Waals surface area contributed by atoms with Crippen LogP contribution in [-0.4, -0.2) is 22.3 Å². The van der Waals surface area contributed by atoms with E-state index in [2.05, 4.69) is 4.98 Å². The Kier molecular flexibility index (Phi) is 3.73. The lowest BCUT2D eigenvalue weighted by Crippen LogP contribution is -2.19. The van der Waals surface area contributed by atoms with Crippen molar-refractivity contribution in [1.29, 1.82) is 0 Å². The third-order valence-electron chi connectivity index (χ3n) is 3.49. The van der Waals surface area contributed by atoms with Gasteiger partial charge in [0.1, 0.15) is 5.56 Å². The summed E-state index contributed by atoms with van der Waals surface area (Å²) in [5.74, 6) is -1.21. The van der Waals surface area contributed by atoms with Crippen molar-refractivity contribution < 1.29 is 9.90 Å². The lowest BCUT2D eigenvalue weighted by molar-refractivity contribution is 0.0691. The zero-order valence-corrected chi connectivity index (χ0v) is 12.6. The van der Waals surface area contributed by atoms with Crippen LogP contribution in [0.25, 0.3) is 22.0 Å². The second-order valence-electron chi connectivity index (χ2n) is 4.82. The average molecular weight is 311 g/mol. The summed E-state index contributed by atoms with van der Waals surface area (Å²) in [5, 5.41) is 11.3. The second-order valence-corrected chi connectivity index (χ2v) is 5.67. The Morgan fingerprint density at radius 3 is 2.50 bits per heavy atom. The van der Waals surface area contributed by atoms with Crippen LogP contribution < -0.4 is 5.56 Å². The minimum absolute atomic E-state index is 0.211. The molecule has 1 aromatic heterocycles. The number of H-pyrrole nitrogens is 1. The Labute approximate surface area is 130 Å². The number of carbonyl (C=O) groups is 1. The second kappa shape index (κ2) is 5.69. The zero-order valence-electron chi connectivity index (χ0n) is 11.8. The van der Waals surface area contributed by atoms with Crippen molar-refractivity contribution in [1.82, 2.24) is 4.98 Å². The van der Waals surface area contributed by atoms with Crippen LogP contribution in [0.1, 0.15) is 10.4 Å². The number of carboxylic acids is 1. The third-order valence-corrected chi connectivity index (χ3v) is 4.25. The maximum atomic E-state index is 12.0. The third kappa shape index (κ3) is 2.51. The van der Waals surface area contributed by atoms with Crippen LogP contribution in [0.2, 0.25) is 0 Å². The van der Waals surface area contributed by atoms with E-state index in [1.54, 1.807) is 12.3 Å². The van der Waals surface area contributed by atoms with Gasteiger partial charge in [-0.3, -0.25) is 4.79 Å². The minimum atomic E-state index is -1.21. The Morgan fingerprint density at radius 2 is 1.82 bits per heavy atom. The van der Waals surface area contributed by atoms with Gasteiger partial charge >= 0.3 is 5.97 Å². The van der Waals surface area contributed by atoms with Gasteiger partial charge in [0, 0.05) is 10.6 Å². The van der Waals surface area contributed by atoms with Crippen molar-refractivity contribution in [2.75, 3.05) is 6.26 Å². The largest absolute Gasteiger partial charge is 0.477 e. The number of thioether (sulfide) groups is 1. The van der Waals surface area contributed by atoms with E-state index in [1.165, 1.54) is 11.8 Å². The number of rotatable bonds is 3. The summed E-state index contributed by atoms with van der Waals surface area (Å²) in [7, 11) is 0. The fourth-order valence-electron chi connectivity index (χ4n) is 2.41. The first-order valence-electron chi connectivity index (χ1n) is 6.64. The number of benzene rings is 2. The molecule has 0 aliphatic carbocycles. The number of fused-ring (bicyclic) bond motifs is 1. The quantitative estimate of drug-likeness (QED) is 0.725. The summed E-state index contributed by atoms with van der Waals surface area (Å²) < 4.78 is 0. The van der Waals surface area contributed by atoms with Crippen LogP contribution in [0.3, 0.4) is 0 Å². The van der Waals surface area contributed by atoms with Gasteiger partial charge in [-0.2, -0.15) is 0 Å².